The van der Waals surface area contributed by atoms with E-state index in [1.165, 1.54) is 13.0 Å². The Labute approximate surface area is 150 Å². The highest BCUT2D eigenvalue weighted by Crippen LogP contribution is 2.40. The van der Waals surface area contributed by atoms with Gasteiger partial charge in [0.25, 0.3) is 5.69 Å². The van der Waals surface area contributed by atoms with Crippen LogP contribution in [0.25, 0.3) is 0 Å². The summed E-state index contributed by atoms with van der Waals surface area (Å²) in [6.45, 7) is 4.94. The topological polar surface area (TPSA) is 106 Å². The minimum Gasteiger partial charge on any atom is -0.357 e. The van der Waals surface area contributed by atoms with Crippen LogP contribution in [0.5, 0.6) is 0 Å². The number of carbonyl (C=O) groups is 1. The Morgan fingerprint density at radius 2 is 1.69 bits per heavy atom. The molecule has 0 saturated heterocycles. The fourth-order valence-corrected chi connectivity index (χ4v) is 4.69. The van der Waals surface area contributed by atoms with E-state index in [0.29, 0.717) is 5.56 Å². The van der Waals surface area contributed by atoms with Crippen molar-refractivity contribution in [1.82, 2.24) is 0 Å². The van der Waals surface area contributed by atoms with E-state index in [4.69, 9.17) is 0 Å². The molecule has 0 spiro atoms. The van der Waals surface area contributed by atoms with Crippen LogP contribution in [0.2, 0.25) is 0 Å². The lowest BCUT2D eigenvalue weighted by atomic mass is 10.1. The fourth-order valence-electron chi connectivity index (χ4n) is 2.90. The van der Waals surface area contributed by atoms with E-state index in [-0.39, 0.29) is 27.5 Å². The average Bonchev–Trinajstić information content (AvgIpc) is 2.55. The Bertz CT molecular complexity index is 1080. The Morgan fingerprint density at radius 1 is 1.08 bits per heavy atom. The van der Waals surface area contributed by atoms with Gasteiger partial charge in [0.1, 0.15) is 9.80 Å². The maximum Gasteiger partial charge on any atom is 0.271 e. The van der Waals surface area contributed by atoms with E-state index in [9.17, 15) is 23.3 Å². The maximum absolute atomic E-state index is 13.1. The summed E-state index contributed by atoms with van der Waals surface area (Å²) in [5.74, 6) is -0.648. The monoisotopic (exact) mass is 372 g/mol. The number of non-ortho nitro benzene ring substituents is 1. The summed E-state index contributed by atoms with van der Waals surface area (Å²) >= 11 is 0. The van der Waals surface area contributed by atoms with E-state index in [1.54, 1.807) is 31.2 Å². The molecule has 0 fully saturated rings. The minimum atomic E-state index is -4.20. The van der Waals surface area contributed by atoms with Gasteiger partial charge >= 0.3 is 0 Å². The first-order chi connectivity index (χ1) is 12.1. The van der Waals surface area contributed by atoms with Gasteiger partial charge in [-0.1, -0.05) is 29.8 Å². The first kappa shape index (κ1) is 17.8. The molecule has 1 heterocycles. The molecule has 8 heteroatoms. The second-order valence-corrected chi connectivity index (χ2v) is 8.03. The summed E-state index contributed by atoms with van der Waals surface area (Å²) in [6.07, 6.45) is 0. The van der Waals surface area contributed by atoms with Crippen molar-refractivity contribution in [3.05, 3.63) is 73.8 Å². The molecule has 0 saturated carbocycles. The molecule has 2 aromatic rings. The third kappa shape index (κ3) is 2.78. The standard InChI is InChI=1S/C18H16N2O5S/c1-10-4-6-13(7-5-10)17(21)18-12(3)19-16-11(2)8-14(20(22)23)9-15(16)26(18,24)25/h4-9,19H,1-3H3. The smallest absolute Gasteiger partial charge is 0.271 e. The summed E-state index contributed by atoms with van der Waals surface area (Å²) in [5.41, 5.74) is 1.70. The lowest BCUT2D eigenvalue weighted by Gasteiger charge is -2.23. The molecular formula is C18H16N2O5S. The molecule has 0 radical (unpaired) electrons. The van der Waals surface area contributed by atoms with Crippen LogP contribution in [-0.2, 0) is 9.84 Å². The summed E-state index contributed by atoms with van der Waals surface area (Å²) in [5, 5.41) is 14.0. The molecule has 134 valence electrons. The van der Waals surface area contributed by atoms with E-state index >= 15 is 0 Å². The number of nitrogens with zero attached hydrogens (tertiary/aromatic N) is 1. The zero-order chi connectivity index (χ0) is 19.2. The molecule has 2 aromatic carbocycles. The zero-order valence-corrected chi connectivity index (χ0v) is 15.2. The van der Waals surface area contributed by atoms with Gasteiger partial charge < -0.3 is 5.32 Å². The first-order valence-electron chi connectivity index (χ1n) is 7.76. The third-order valence-corrected chi connectivity index (χ3v) is 6.16. The van der Waals surface area contributed by atoms with Crippen molar-refractivity contribution < 1.29 is 18.1 Å². The first-order valence-corrected chi connectivity index (χ1v) is 9.24. The Morgan fingerprint density at radius 3 is 2.27 bits per heavy atom. The predicted molar refractivity (Wildman–Crippen MR) is 96.9 cm³/mol. The minimum absolute atomic E-state index is 0.194. The highest BCUT2D eigenvalue weighted by atomic mass is 32.2. The highest BCUT2D eigenvalue weighted by molar-refractivity contribution is 7.96. The van der Waals surface area contributed by atoms with Crippen LogP contribution in [0.1, 0.15) is 28.4 Å². The molecule has 7 nitrogen and oxygen atoms in total. The molecule has 0 unspecified atom stereocenters. The van der Waals surface area contributed by atoms with Gasteiger partial charge in [-0.15, -0.1) is 0 Å². The third-order valence-electron chi connectivity index (χ3n) is 4.23. The SMILES string of the molecule is CC1=C(C(=O)c2ccc(C)cc2)S(=O)(=O)c2cc([N+](=O)[O-])cc(C)c2N1. The molecular weight excluding hydrogens is 356 g/mol. The molecule has 3 rings (SSSR count). The van der Waals surface area contributed by atoms with Crippen molar-refractivity contribution in [3.63, 3.8) is 0 Å². The van der Waals surface area contributed by atoms with Crippen LogP contribution in [0.4, 0.5) is 11.4 Å². The Hall–Kier alpha value is -3.00. The Balaban J connectivity index is 2.20. The summed E-state index contributed by atoms with van der Waals surface area (Å²) in [6, 6.07) is 8.83. The number of nitrogens with one attached hydrogen (secondary N) is 1. The number of ketones is 1. The normalized spacial score (nSPS) is 15.2. The number of carbonyl (C=O) groups excluding carboxylic acids is 1. The van der Waals surface area contributed by atoms with Crippen LogP contribution in [0.3, 0.4) is 0 Å². The van der Waals surface area contributed by atoms with Crippen molar-refractivity contribution in [2.24, 2.45) is 0 Å². The van der Waals surface area contributed by atoms with E-state index in [0.717, 1.165) is 11.6 Å². The zero-order valence-electron chi connectivity index (χ0n) is 14.4. The largest absolute Gasteiger partial charge is 0.357 e. The molecule has 0 atom stereocenters. The van der Waals surface area contributed by atoms with E-state index < -0.39 is 25.4 Å². The van der Waals surface area contributed by atoms with Gasteiger partial charge in [0, 0.05) is 23.4 Å². The van der Waals surface area contributed by atoms with Gasteiger partial charge in [-0.05, 0) is 26.3 Å². The summed E-state index contributed by atoms with van der Waals surface area (Å²) in [4.78, 5) is 22.6. The molecule has 1 N–H and O–H groups in total. The predicted octanol–water partition coefficient (Wildman–Crippen LogP) is 3.53. The van der Waals surface area contributed by atoms with Crippen molar-refractivity contribution in [2.45, 2.75) is 25.7 Å². The summed E-state index contributed by atoms with van der Waals surface area (Å²) in [7, 11) is -4.20. The van der Waals surface area contributed by atoms with Crippen LogP contribution in [0.15, 0.2) is 51.9 Å². The molecule has 0 aromatic heterocycles. The Kier molecular flexibility index (Phi) is 4.15. The highest BCUT2D eigenvalue weighted by Gasteiger charge is 2.37. The number of benzene rings is 2. The average molecular weight is 372 g/mol. The molecule has 1 aliphatic heterocycles. The van der Waals surface area contributed by atoms with Crippen LogP contribution in [0, 0.1) is 24.0 Å². The molecule has 1 aliphatic rings. The van der Waals surface area contributed by atoms with E-state index in [2.05, 4.69) is 5.32 Å². The number of nitro groups is 1. The van der Waals surface area contributed by atoms with Gasteiger partial charge in [-0.2, -0.15) is 0 Å². The van der Waals surface area contributed by atoms with Crippen molar-refractivity contribution in [3.8, 4) is 0 Å². The number of rotatable bonds is 3. The number of nitro benzene ring substituents is 1. The molecule has 0 bridgehead atoms. The van der Waals surface area contributed by atoms with Gasteiger partial charge in [0.05, 0.1) is 10.6 Å². The van der Waals surface area contributed by atoms with Crippen molar-refractivity contribution in [2.75, 3.05) is 5.32 Å². The number of fused-ring (bicyclic) bond motifs is 1. The lowest BCUT2D eigenvalue weighted by molar-refractivity contribution is -0.385. The van der Waals surface area contributed by atoms with Crippen molar-refractivity contribution in [1.29, 1.82) is 0 Å². The number of anilines is 1. The number of hydrogen-bond donors (Lipinski definition) is 1. The van der Waals surface area contributed by atoms with Gasteiger partial charge in [0.2, 0.25) is 15.6 Å². The van der Waals surface area contributed by atoms with Crippen molar-refractivity contribution >= 4 is 27.0 Å². The number of sulfone groups is 1. The van der Waals surface area contributed by atoms with E-state index in [1.807, 2.05) is 6.92 Å². The van der Waals surface area contributed by atoms with Gasteiger partial charge in [-0.3, -0.25) is 14.9 Å². The van der Waals surface area contributed by atoms with Crippen LogP contribution < -0.4 is 5.32 Å². The molecule has 26 heavy (non-hydrogen) atoms. The quantitative estimate of drug-likeness (QED) is 0.502. The second-order valence-electron chi connectivity index (χ2n) is 6.17. The molecule has 0 aliphatic carbocycles. The van der Waals surface area contributed by atoms with Crippen LogP contribution in [-0.4, -0.2) is 19.1 Å². The lowest BCUT2D eigenvalue weighted by Crippen LogP contribution is -2.24. The number of aryl methyl sites for hydroxylation is 2. The number of allylic oxidation sites excluding steroid dienone is 2. The van der Waals surface area contributed by atoms with Gasteiger partial charge in [-0.25, -0.2) is 8.42 Å². The molecule has 0 amide bonds. The fraction of sp³-hybridized carbons (Fsp3) is 0.167. The van der Waals surface area contributed by atoms with Gasteiger partial charge in [0.15, 0.2) is 0 Å². The number of Topliss-reactive ketones (excluding diaryl/α,β-unsaturated/α-hetero) is 1. The number of hydrogen-bond acceptors (Lipinski definition) is 6. The van der Waals surface area contributed by atoms with Crippen LogP contribution >= 0.6 is 0 Å². The second kappa shape index (κ2) is 6.06. The summed E-state index contributed by atoms with van der Waals surface area (Å²) < 4.78 is 26.2. The maximum atomic E-state index is 13.1.